The van der Waals surface area contributed by atoms with E-state index in [2.05, 4.69) is 0 Å². The molecule has 0 radical (unpaired) electrons. The van der Waals surface area contributed by atoms with Gasteiger partial charge in [-0.25, -0.2) is 0 Å². The van der Waals surface area contributed by atoms with Gasteiger partial charge in [-0.3, -0.25) is 0 Å². The van der Waals surface area contributed by atoms with Crippen LogP contribution in [0.5, 0.6) is 0 Å². The van der Waals surface area contributed by atoms with E-state index in [1.807, 2.05) is 6.08 Å². The molecule has 0 saturated heterocycles. The third-order valence-electron chi connectivity index (χ3n) is 1.85. The van der Waals surface area contributed by atoms with E-state index in [9.17, 15) is 12.9 Å². The van der Waals surface area contributed by atoms with Crippen LogP contribution in [0.15, 0.2) is 23.7 Å². The molecule has 0 aromatic rings. The van der Waals surface area contributed by atoms with E-state index in [1.165, 1.54) is 6.08 Å². The van der Waals surface area contributed by atoms with Crippen LogP contribution in [0, 0.1) is 0 Å². The molecule has 0 nitrogen and oxygen atoms in total. The molecule has 1 aliphatic carbocycles. The van der Waals surface area contributed by atoms with Gasteiger partial charge in [-0.15, -0.1) is 5.98 Å². The molecule has 0 fully saturated rings. The van der Waals surface area contributed by atoms with E-state index in [4.69, 9.17) is 0 Å². The fraction of sp³-hybridized carbons (Fsp3) is 0.500. The molecule has 0 aliphatic heterocycles. The molecule has 68 valence electrons. The summed E-state index contributed by atoms with van der Waals surface area (Å²) in [6.45, 7) is -4.75. The smallest absolute Gasteiger partial charge is 0.445 e. The van der Waals surface area contributed by atoms with Crippen LogP contribution in [0.2, 0.25) is 0 Å². The Hall–Kier alpha value is -0.665. The average Bonchev–Trinajstić information content (AvgIpc) is 2.02. The number of halogens is 3. The van der Waals surface area contributed by atoms with Crippen molar-refractivity contribution in [3.8, 4) is 0 Å². The highest BCUT2D eigenvalue weighted by atomic mass is 19.4. The lowest BCUT2D eigenvalue weighted by atomic mass is 9.88. The first-order valence-corrected chi connectivity index (χ1v) is 4.16. The Labute approximate surface area is 70.2 Å². The van der Waals surface area contributed by atoms with Crippen molar-refractivity contribution in [1.29, 1.82) is 0 Å². The summed E-state index contributed by atoms with van der Waals surface area (Å²) in [5, 5.41) is 0. The highest BCUT2D eigenvalue weighted by Crippen LogP contribution is 2.20. The fourth-order valence-electron chi connectivity index (χ4n) is 1.25. The van der Waals surface area contributed by atoms with Crippen molar-refractivity contribution in [1.82, 2.24) is 0 Å². The molecule has 0 heterocycles. The van der Waals surface area contributed by atoms with Gasteiger partial charge in [0.05, 0.1) is 0 Å². The van der Waals surface area contributed by atoms with Gasteiger partial charge < -0.3 is 12.9 Å². The highest BCUT2D eigenvalue weighted by Gasteiger charge is 2.17. The van der Waals surface area contributed by atoms with Crippen LogP contribution in [0.1, 0.15) is 25.7 Å². The van der Waals surface area contributed by atoms with Crippen LogP contribution in [0.4, 0.5) is 12.9 Å². The summed E-state index contributed by atoms with van der Waals surface area (Å²) in [6.07, 6.45) is 6.93. The van der Waals surface area contributed by atoms with Gasteiger partial charge in [-0.1, -0.05) is 17.7 Å². The van der Waals surface area contributed by atoms with E-state index in [0.717, 1.165) is 31.3 Å². The highest BCUT2D eigenvalue weighted by molar-refractivity contribution is 6.64. The standard InChI is InChI=1S/C8H11BF3/c10-9(11,12)7-6-8-4-2-1-3-5-8/h4,6-7H,1-3,5H2/q-1/b7-6-. The monoisotopic (exact) mass is 175 g/mol. The normalized spacial score (nSPS) is 19.8. The first kappa shape index (κ1) is 9.42. The van der Waals surface area contributed by atoms with Crippen LogP contribution >= 0.6 is 0 Å². The average molecular weight is 175 g/mol. The zero-order valence-electron chi connectivity index (χ0n) is 6.77. The second-order valence-corrected chi connectivity index (χ2v) is 3.01. The molecular formula is C8H11BF3-. The zero-order valence-corrected chi connectivity index (χ0v) is 6.77. The van der Waals surface area contributed by atoms with Gasteiger partial charge >= 0.3 is 6.98 Å². The lowest BCUT2D eigenvalue weighted by molar-refractivity contribution is 0.498. The quantitative estimate of drug-likeness (QED) is 0.564. The minimum atomic E-state index is -4.75. The molecule has 0 bridgehead atoms. The minimum Gasteiger partial charge on any atom is -0.445 e. The summed E-state index contributed by atoms with van der Waals surface area (Å²) in [7, 11) is 0. The number of allylic oxidation sites excluding steroid dienone is 3. The van der Waals surface area contributed by atoms with Crippen molar-refractivity contribution < 1.29 is 12.9 Å². The van der Waals surface area contributed by atoms with Crippen molar-refractivity contribution in [3.05, 3.63) is 23.7 Å². The van der Waals surface area contributed by atoms with E-state index in [0.29, 0.717) is 5.98 Å². The molecule has 4 heteroatoms. The molecule has 0 aromatic carbocycles. The Balaban J connectivity index is 2.49. The Morgan fingerprint density at radius 1 is 1.25 bits per heavy atom. The molecule has 0 amide bonds. The zero-order chi connectivity index (χ0) is 9.03. The minimum absolute atomic E-state index is 0.372. The van der Waals surface area contributed by atoms with Crippen LogP contribution < -0.4 is 0 Å². The van der Waals surface area contributed by atoms with E-state index >= 15 is 0 Å². The summed E-state index contributed by atoms with van der Waals surface area (Å²) < 4.78 is 35.3. The molecule has 0 atom stereocenters. The SMILES string of the molecule is F[B-](F)(F)/C=C\C1=CCCCC1. The molecule has 0 N–H and O–H groups in total. The van der Waals surface area contributed by atoms with E-state index in [-0.39, 0.29) is 0 Å². The van der Waals surface area contributed by atoms with Crippen LogP contribution in [-0.4, -0.2) is 6.98 Å². The van der Waals surface area contributed by atoms with Crippen molar-refractivity contribution >= 4 is 6.98 Å². The van der Waals surface area contributed by atoms with Gasteiger partial charge in [-0.05, 0) is 25.7 Å². The van der Waals surface area contributed by atoms with Crippen molar-refractivity contribution in [2.24, 2.45) is 0 Å². The molecule has 0 aromatic heterocycles. The van der Waals surface area contributed by atoms with Gasteiger partial charge in [-0.2, -0.15) is 0 Å². The van der Waals surface area contributed by atoms with Crippen molar-refractivity contribution in [3.63, 3.8) is 0 Å². The van der Waals surface area contributed by atoms with E-state index in [1.54, 1.807) is 0 Å². The summed E-state index contributed by atoms with van der Waals surface area (Å²) in [5.74, 6) is 0.372. The second kappa shape index (κ2) is 3.83. The summed E-state index contributed by atoms with van der Waals surface area (Å²) >= 11 is 0. The predicted octanol–water partition coefficient (Wildman–Crippen LogP) is 3.43. The van der Waals surface area contributed by atoms with Crippen molar-refractivity contribution in [2.45, 2.75) is 25.7 Å². The Morgan fingerprint density at radius 3 is 2.50 bits per heavy atom. The summed E-state index contributed by atoms with van der Waals surface area (Å²) in [5.41, 5.74) is 0.834. The van der Waals surface area contributed by atoms with Gasteiger partial charge in [0, 0.05) is 0 Å². The molecule has 0 saturated carbocycles. The van der Waals surface area contributed by atoms with Crippen LogP contribution in [0.3, 0.4) is 0 Å². The maximum absolute atomic E-state index is 11.8. The summed E-state index contributed by atoms with van der Waals surface area (Å²) in [6, 6.07) is 0. The molecule has 0 spiro atoms. The van der Waals surface area contributed by atoms with Crippen molar-refractivity contribution in [2.75, 3.05) is 0 Å². The van der Waals surface area contributed by atoms with Crippen LogP contribution in [-0.2, 0) is 0 Å². The molecule has 1 rings (SSSR count). The largest absolute Gasteiger partial charge is 0.502 e. The lowest BCUT2D eigenvalue weighted by Gasteiger charge is -2.11. The Kier molecular flexibility index (Phi) is 3.01. The number of hydrogen-bond donors (Lipinski definition) is 0. The Bertz CT molecular complexity index is 203. The second-order valence-electron chi connectivity index (χ2n) is 3.01. The van der Waals surface area contributed by atoms with Gasteiger partial charge in [0.25, 0.3) is 0 Å². The van der Waals surface area contributed by atoms with Gasteiger partial charge in [0.15, 0.2) is 0 Å². The lowest BCUT2D eigenvalue weighted by Crippen LogP contribution is -2.10. The first-order valence-electron chi connectivity index (χ1n) is 4.16. The van der Waals surface area contributed by atoms with Gasteiger partial charge in [0.1, 0.15) is 0 Å². The topological polar surface area (TPSA) is 0 Å². The maximum atomic E-state index is 11.8. The Morgan fingerprint density at radius 2 is 2.00 bits per heavy atom. The molecular weight excluding hydrogens is 164 g/mol. The first-order chi connectivity index (χ1) is 5.58. The van der Waals surface area contributed by atoms with Crippen LogP contribution in [0.25, 0.3) is 0 Å². The fourth-order valence-corrected chi connectivity index (χ4v) is 1.25. The predicted molar refractivity (Wildman–Crippen MR) is 44.8 cm³/mol. The number of rotatable bonds is 2. The summed E-state index contributed by atoms with van der Waals surface area (Å²) in [4.78, 5) is 0. The molecule has 12 heavy (non-hydrogen) atoms. The van der Waals surface area contributed by atoms with E-state index < -0.39 is 6.98 Å². The maximum Gasteiger partial charge on any atom is 0.502 e. The third-order valence-corrected chi connectivity index (χ3v) is 1.85. The number of hydrogen-bond acceptors (Lipinski definition) is 0. The third kappa shape index (κ3) is 3.65. The van der Waals surface area contributed by atoms with Gasteiger partial charge in [0.2, 0.25) is 0 Å². The molecule has 0 unspecified atom stereocenters. The molecule has 1 aliphatic rings.